The van der Waals surface area contributed by atoms with Gasteiger partial charge in [-0.25, -0.2) is 17.6 Å². The number of amides is 1. The van der Waals surface area contributed by atoms with Crippen LogP contribution in [0.2, 0.25) is 0 Å². The molecule has 0 atom stereocenters. The fourth-order valence-corrected chi connectivity index (χ4v) is 4.34. The smallest absolute Gasteiger partial charge is 0.253 e. The minimum Gasteiger partial charge on any atom is -0.457 e. The number of fused-ring (bicyclic) bond motifs is 1. The second-order valence-corrected chi connectivity index (χ2v) is 8.86. The molecule has 3 aromatic carbocycles. The molecule has 2 heterocycles. The number of aryl methyl sites for hydroxylation is 1. The van der Waals surface area contributed by atoms with Crippen molar-refractivity contribution >= 4 is 16.9 Å². The second-order valence-electron chi connectivity index (χ2n) is 8.86. The third-order valence-corrected chi connectivity index (χ3v) is 6.31. The van der Waals surface area contributed by atoms with Gasteiger partial charge in [0.05, 0.1) is 0 Å². The first-order chi connectivity index (χ1) is 17.2. The van der Waals surface area contributed by atoms with Crippen molar-refractivity contribution in [3.05, 3.63) is 83.6 Å². The SMILES string of the molecule is CCc1cc2cc(-c3ccc(C(=O)N4CCC(F)(F)CC4)cc3F)cc(Oc3cccc(F)c3)c2o1. The summed E-state index contributed by atoms with van der Waals surface area (Å²) in [5, 5.41) is 0.685. The molecule has 4 aromatic rings. The van der Waals surface area contributed by atoms with Crippen LogP contribution in [0.5, 0.6) is 11.5 Å². The predicted molar refractivity (Wildman–Crippen MR) is 128 cm³/mol. The van der Waals surface area contributed by atoms with Crippen LogP contribution in [0.15, 0.2) is 65.1 Å². The van der Waals surface area contributed by atoms with Crippen LogP contribution in [-0.2, 0) is 6.42 Å². The summed E-state index contributed by atoms with van der Waals surface area (Å²) in [6, 6.07) is 14.9. The van der Waals surface area contributed by atoms with E-state index < -0.39 is 36.3 Å². The number of likely N-dealkylation sites (tertiary alicyclic amines) is 1. The molecule has 8 heteroatoms. The highest BCUT2D eigenvalue weighted by atomic mass is 19.3. The fraction of sp³-hybridized carbons (Fsp3) is 0.250. The topological polar surface area (TPSA) is 42.7 Å². The van der Waals surface area contributed by atoms with Gasteiger partial charge in [0.1, 0.15) is 23.1 Å². The first-order valence-corrected chi connectivity index (χ1v) is 11.7. The highest BCUT2D eigenvalue weighted by molar-refractivity contribution is 5.95. The number of benzene rings is 3. The third kappa shape index (κ3) is 4.80. The van der Waals surface area contributed by atoms with Gasteiger partial charge >= 0.3 is 0 Å². The van der Waals surface area contributed by atoms with Crippen LogP contribution in [-0.4, -0.2) is 29.8 Å². The zero-order chi connectivity index (χ0) is 25.4. The normalized spacial score (nSPS) is 15.3. The molecule has 0 aliphatic carbocycles. The second kappa shape index (κ2) is 9.33. The van der Waals surface area contributed by atoms with Crippen LogP contribution < -0.4 is 4.74 Å². The van der Waals surface area contributed by atoms with Crippen LogP contribution >= 0.6 is 0 Å². The van der Waals surface area contributed by atoms with E-state index in [1.54, 1.807) is 18.2 Å². The molecular formula is C28H23F4NO3. The largest absolute Gasteiger partial charge is 0.457 e. The molecule has 36 heavy (non-hydrogen) atoms. The van der Waals surface area contributed by atoms with Gasteiger partial charge < -0.3 is 14.1 Å². The number of halogens is 4. The standard InChI is InChI=1S/C28H23F4NO3/c1-2-21-13-19-12-18(15-25(26(19)36-21)35-22-5-3-4-20(29)16-22)23-7-6-17(14-24(23)30)27(34)33-10-8-28(31,32)9-11-33/h3-7,12-16H,2,8-11H2,1H3. The Kier molecular flexibility index (Phi) is 6.20. The van der Waals surface area contributed by atoms with Crippen molar-refractivity contribution in [1.82, 2.24) is 4.90 Å². The van der Waals surface area contributed by atoms with Crippen molar-refractivity contribution in [1.29, 1.82) is 0 Å². The van der Waals surface area contributed by atoms with E-state index in [-0.39, 0.29) is 30.0 Å². The molecule has 0 saturated carbocycles. The van der Waals surface area contributed by atoms with Crippen LogP contribution in [0.4, 0.5) is 17.6 Å². The van der Waals surface area contributed by atoms with Crippen LogP contribution in [0.25, 0.3) is 22.1 Å². The van der Waals surface area contributed by atoms with Crippen molar-refractivity contribution in [2.45, 2.75) is 32.1 Å². The summed E-state index contributed by atoms with van der Waals surface area (Å²) in [4.78, 5) is 14.1. The molecule has 0 radical (unpaired) electrons. The number of carbonyl (C=O) groups is 1. The molecule has 186 valence electrons. The molecule has 0 N–H and O–H groups in total. The first-order valence-electron chi connectivity index (χ1n) is 11.7. The number of alkyl halides is 2. The van der Waals surface area contributed by atoms with E-state index in [0.29, 0.717) is 34.5 Å². The molecule has 1 fully saturated rings. The Morgan fingerprint density at radius 3 is 2.50 bits per heavy atom. The number of furan rings is 1. The molecule has 5 rings (SSSR count). The number of nitrogens with zero attached hydrogens (tertiary/aromatic N) is 1. The molecule has 0 bridgehead atoms. The maximum Gasteiger partial charge on any atom is 0.253 e. The average Bonchev–Trinajstić information content (AvgIpc) is 3.27. The van der Waals surface area contributed by atoms with Crippen molar-refractivity contribution < 1.29 is 31.5 Å². The summed E-state index contributed by atoms with van der Waals surface area (Å²) in [7, 11) is 0. The van der Waals surface area contributed by atoms with E-state index >= 15 is 4.39 Å². The molecular weight excluding hydrogens is 474 g/mol. The van der Waals surface area contributed by atoms with Gasteiger partial charge in [-0.15, -0.1) is 0 Å². The van der Waals surface area contributed by atoms with Gasteiger partial charge in [-0.2, -0.15) is 0 Å². The lowest BCUT2D eigenvalue weighted by atomic mass is 10.00. The Morgan fingerprint density at radius 2 is 1.81 bits per heavy atom. The third-order valence-electron chi connectivity index (χ3n) is 6.31. The van der Waals surface area contributed by atoms with E-state index in [0.717, 1.165) is 6.07 Å². The number of ether oxygens (including phenoxy) is 1. The van der Waals surface area contributed by atoms with E-state index in [9.17, 15) is 18.0 Å². The lowest BCUT2D eigenvalue weighted by Crippen LogP contribution is -2.42. The highest BCUT2D eigenvalue weighted by Gasteiger charge is 2.35. The maximum absolute atomic E-state index is 15.3. The molecule has 0 spiro atoms. The van der Waals surface area contributed by atoms with E-state index in [2.05, 4.69) is 0 Å². The summed E-state index contributed by atoms with van der Waals surface area (Å²) < 4.78 is 67.6. The van der Waals surface area contributed by atoms with Gasteiger partial charge in [-0.1, -0.05) is 19.1 Å². The Morgan fingerprint density at radius 1 is 1.03 bits per heavy atom. The van der Waals surface area contributed by atoms with Crippen molar-refractivity contribution in [2.24, 2.45) is 0 Å². The number of hydrogen-bond donors (Lipinski definition) is 0. The van der Waals surface area contributed by atoms with Gasteiger partial charge in [0.25, 0.3) is 11.8 Å². The van der Waals surface area contributed by atoms with Crippen LogP contribution in [0.3, 0.4) is 0 Å². The minimum atomic E-state index is -2.78. The molecule has 1 amide bonds. The van der Waals surface area contributed by atoms with E-state index in [1.165, 1.54) is 35.2 Å². The molecule has 4 nitrogen and oxygen atoms in total. The lowest BCUT2D eigenvalue weighted by molar-refractivity contribution is -0.0494. The molecule has 1 saturated heterocycles. The van der Waals surface area contributed by atoms with E-state index in [4.69, 9.17) is 9.15 Å². The van der Waals surface area contributed by atoms with Crippen molar-refractivity contribution in [2.75, 3.05) is 13.1 Å². The summed E-state index contributed by atoms with van der Waals surface area (Å²) in [5.74, 6) is -3.10. The number of piperidine rings is 1. The Hall–Kier alpha value is -3.81. The summed E-state index contributed by atoms with van der Waals surface area (Å²) in [5.41, 5.74) is 1.25. The van der Waals surface area contributed by atoms with Crippen molar-refractivity contribution in [3.63, 3.8) is 0 Å². The van der Waals surface area contributed by atoms with Gasteiger partial charge in [-0.05, 0) is 48.0 Å². The first kappa shape index (κ1) is 23.9. The zero-order valence-electron chi connectivity index (χ0n) is 19.5. The zero-order valence-corrected chi connectivity index (χ0v) is 19.5. The fourth-order valence-electron chi connectivity index (χ4n) is 4.34. The summed E-state index contributed by atoms with van der Waals surface area (Å²) in [6.45, 7) is 1.78. The van der Waals surface area contributed by atoms with Gasteiger partial charge in [0.15, 0.2) is 11.3 Å². The summed E-state index contributed by atoms with van der Waals surface area (Å²) >= 11 is 0. The van der Waals surface area contributed by atoms with Gasteiger partial charge in [0, 0.05) is 54.9 Å². The summed E-state index contributed by atoms with van der Waals surface area (Å²) in [6.07, 6.45) is -0.174. The number of carbonyl (C=O) groups excluding carboxylic acids is 1. The highest BCUT2D eigenvalue weighted by Crippen LogP contribution is 2.38. The average molecular weight is 497 g/mol. The molecule has 1 aliphatic rings. The van der Waals surface area contributed by atoms with Gasteiger partial charge in [-0.3, -0.25) is 4.79 Å². The quantitative estimate of drug-likeness (QED) is 0.267. The number of rotatable bonds is 5. The van der Waals surface area contributed by atoms with Crippen molar-refractivity contribution in [3.8, 4) is 22.6 Å². The molecule has 0 unspecified atom stereocenters. The Bertz CT molecular complexity index is 1440. The maximum atomic E-state index is 15.3. The monoisotopic (exact) mass is 497 g/mol. The van der Waals surface area contributed by atoms with Crippen LogP contribution in [0, 0.1) is 11.6 Å². The molecule has 1 aliphatic heterocycles. The lowest BCUT2D eigenvalue weighted by Gasteiger charge is -2.31. The minimum absolute atomic E-state index is 0.0765. The van der Waals surface area contributed by atoms with Gasteiger partial charge in [0.2, 0.25) is 0 Å². The Balaban J connectivity index is 1.49. The number of hydrogen-bond acceptors (Lipinski definition) is 3. The molecule has 1 aromatic heterocycles. The van der Waals surface area contributed by atoms with E-state index in [1.807, 2.05) is 13.0 Å². The van der Waals surface area contributed by atoms with Crippen LogP contribution in [0.1, 0.15) is 35.9 Å². The predicted octanol–water partition coefficient (Wildman–Crippen LogP) is 7.60. The Labute approximate surface area is 205 Å².